The number of nitrogens with zero attached hydrogens (tertiary/aromatic N) is 4. The predicted octanol–water partition coefficient (Wildman–Crippen LogP) is 1.67. The second-order valence-electron chi connectivity index (χ2n) is 7.12. The van der Waals surface area contributed by atoms with Gasteiger partial charge in [0.05, 0.1) is 5.69 Å². The van der Waals surface area contributed by atoms with Crippen molar-refractivity contribution >= 4 is 11.6 Å². The van der Waals surface area contributed by atoms with E-state index in [2.05, 4.69) is 9.88 Å². The molecular weight excluding hydrogens is 316 g/mol. The topological polar surface area (TPSA) is 57.9 Å². The first-order valence-corrected chi connectivity index (χ1v) is 9.12. The van der Waals surface area contributed by atoms with Crippen LogP contribution in [0.3, 0.4) is 0 Å². The molecule has 2 fully saturated rings. The first kappa shape index (κ1) is 16.3. The van der Waals surface area contributed by atoms with Gasteiger partial charge in [0.1, 0.15) is 5.65 Å². The Labute approximate surface area is 147 Å². The van der Waals surface area contributed by atoms with Gasteiger partial charge >= 0.3 is 0 Å². The van der Waals surface area contributed by atoms with Gasteiger partial charge in [0, 0.05) is 44.4 Å². The molecule has 0 bridgehead atoms. The normalized spacial score (nSPS) is 24.3. The van der Waals surface area contributed by atoms with Crippen molar-refractivity contribution < 1.29 is 4.79 Å². The summed E-state index contributed by atoms with van der Waals surface area (Å²) < 4.78 is 1.57. The fraction of sp³-hybridized carbons (Fsp3) is 0.526. The van der Waals surface area contributed by atoms with E-state index < -0.39 is 0 Å². The van der Waals surface area contributed by atoms with Crippen LogP contribution in [0.25, 0.3) is 5.65 Å². The molecule has 0 aromatic carbocycles. The van der Waals surface area contributed by atoms with Crippen molar-refractivity contribution in [3.63, 3.8) is 0 Å². The molecule has 2 unspecified atom stereocenters. The molecule has 0 saturated carbocycles. The zero-order valence-electron chi connectivity index (χ0n) is 14.6. The minimum atomic E-state index is -0.0393. The second-order valence-corrected chi connectivity index (χ2v) is 7.12. The molecule has 4 rings (SSSR count). The summed E-state index contributed by atoms with van der Waals surface area (Å²) in [5, 5.41) is 0. The lowest BCUT2D eigenvalue weighted by Gasteiger charge is -2.34. The van der Waals surface area contributed by atoms with E-state index in [1.807, 2.05) is 23.1 Å². The monoisotopic (exact) mass is 340 g/mol. The summed E-state index contributed by atoms with van der Waals surface area (Å²) >= 11 is 0. The molecule has 132 valence electrons. The van der Waals surface area contributed by atoms with Gasteiger partial charge in [-0.3, -0.25) is 18.9 Å². The molecule has 25 heavy (non-hydrogen) atoms. The standard InChI is InChI=1S/C19H24N4O2/c1-14(24)22-11-5-7-17(22)16-6-4-9-21(16)13-15-12-19(25)23-10-3-2-8-18(23)20-15/h2-3,8,10,12,16-17H,4-7,9,11,13H2,1H3. The molecular formula is C19H24N4O2. The number of amides is 1. The van der Waals surface area contributed by atoms with Crippen molar-refractivity contribution in [2.75, 3.05) is 13.1 Å². The van der Waals surface area contributed by atoms with E-state index in [9.17, 15) is 9.59 Å². The van der Waals surface area contributed by atoms with Gasteiger partial charge in [-0.15, -0.1) is 0 Å². The Bertz CT molecular complexity index is 847. The summed E-state index contributed by atoms with van der Waals surface area (Å²) in [5.74, 6) is 0.177. The summed E-state index contributed by atoms with van der Waals surface area (Å²) in [5.41, 5.74) is 1.46. The molecule has 0 aliphatic carbocycles. The number of hydrogen-bond acceptors (Lipinski definition) is 4. The van der Waals surface area contributed by atoms with Gasteiger partial charge in [0.2, 0.25) is 5.91 Å². The number of pyridine rings is 1. The maximum absolute atomic E-state index is 12.3. The third-order valence-corrected chi connectivity index (χ3v) is 5.55. The van der Waals surface area contributed by atoms with Crippen LogP contribution in [0, 0.1) is 0 Å². The van der Waals surface area contributed by atoms with Crippen LogP contribution in [-0.4, -0.2) is 50.3 Å². The van der Waals surface area contributed by atoms with Gasteiger partial charge in [0.25, 0.3) is 5.56 Å². The van der Waals surface area contributed by atoms with E-state index in [4.69, 9.17) is 0 Å². The Morgan fingerprint density at radius 3 is 2.84 bits per heavy atom. The van der Waals surface area contributed by atoms with E-state index >= 15 is 0 Å². The third kappa shape index (κ3) is 3.06. The predicted molar refractivity (Wildman–Crippen MR) is 95.3 cm³/mol. The molecule has 2 aromatic rings. The van der Waals surface area contributed by atoms with Crippen LogP contribution in [0.4, 0.5) is 0 Å². The molecule has 2 atom stereocenters. The average Bonchev–Trinajstić information content (AvgIpc) is 3.23. The smallest absolute Gasteiger partial charge is 0.258 e. The highest BCUT2D eigenvalue weighted by Gasteiger charge is 2.38. The molecule has 2 aliphatic heterocycles. The molecule has 6 heteroatoms. The van der Waals surface area contributed by atoms with Crippen LogP contribution in [0.2, 0.25) is 0 Å². The zero-order valence-corrected chi connectivity index (χ0v) is 14.6. The van der Waals surface area contributed by atoms with Gasteiger partial charge in [-0.05, 0) is 44.4 Å². The summed E-state index contributed by atoms with van der Waals surface area (Å²) in [6.45, 7) is 4.22. The van der Waals surface area contributed by atoms with Crippen LogP contribution in [-0.2, 0) is 11.3 Å². The highest BCUT2D eigenvalue weighted by Crippen LogP contribution is 2.30. The first-order chi connectivity index (χ1) is 12.1. The lowest BCUT2D eigenvalue weighted by atomic mass is 10.0. The quantitative estimate of drug-likeness (QED) is 0.853. The van der Waals surface area contributed by atoms with Gasteiger partial charge in [-0.2, -0.15) is 0 Å². The lowest BCUT2D eigenvalue weighted by molar-refractivity contribution is -0.130. The number of hydrogen-bond donors (Lipinski definition) is 0. The molecule has 0 spiro atoms. The fourth-order valence-electron chi connectivity index (χ4n) is 4.46. The molecule has 2 saturated heterocycles. The number of likely N-dealkylation sites (tertiary alicyclic amines) is 2. The summed E-state index contributed by atoms with van der Waals surface area (Å²) in [6.07, 6.45) is 6.16. The summed E-state index contributed by atoms with van der Waals surface area (Å²) in [4.78, 5) is 33.3. The van der Waals surface area contributed by atoms with E-state index in [0.29, 0.717) is 24.3 Å². The van der Waals surface area contributed by atoms with Gasteiger partial charge in [0.15, 0.2) is 0 Å². The minimum Gasteiger partial charge on any atom is -0.338 e. The molecule has 1 amide bonds. The van der Waals surface area contributed by atoms with Crippen LogP contribution in [0.5, 0.6) is 0 Å². The zero-order chi connectivity index (χ0) is 17.4. The molecule has 2 aliphatic rings. The van der Waals surface area contributed by atoms with Gasteiger partial charge in [-0.25, -0.2) is 4.98 Å². The first-order valence-electron chi connectivity index (χ1n) is 9.12. The average molecular weight is 340 g/mol. The van der Waals surface area contributed by atoms with Crippen LogP contribution < -0.4 is 5.56 Å². The molecule has 4 heterocycles. The Kier molecular flexibility index (Phi) is 4.29. The van der Waals surface area contributed by atoms with Gasteiger partial charge < -0.3 is 4.90 Å². The van der Waals surface area contributed by atoms with Crippen molar-refractivity contribution in [2.45, 2.75) is 51.2 Å². The van der Waals surface area contributed by atoms with E-state index in [1.54, 1.807) is 23.6 Å². The third-order valence-electron chi connectivity index (χ3n) is 5.55. The summed E-state index contributed by atoms with van der Waals surface area (Å²) in [7, 11) is 0. The van der Waals surface area contributed by atoms with Crippen molar-refractivity contribution in [3.05, 3.63) is 46.5 Å². The fourth-order valence-corrected chi connectivity index (χ4v) is 4.46. The molecule has 2 aromatic heterocycles. The largest absolute Gasteiger partial charge is 0.338 e. The number of carbonyl (C=O) groups excluding carboxylic acids is 1. The number of rotatable bonds is 3. The van der Waals surface area contributed by atoms with Crippen LogP contribution in [0.1, 0.15) is 38.3 Å². The van der Waals surface area contributed by atoms with Crippen LogP contribution >= 0.6 is 0 Å². The minimum absolute atomic E-state index is 0.0393. The number of carbonyl (C=O) groups is 1. The summed E-state index contributed by atoms with van der Waals surface area (Å²) in [6, 6.07) is 7.92. The number of fused-ring (bicyclic) bond motifs is 1. The van der Waals surface area contributed by atoms with E-state index in [1.165, 1.54) is 0 Å². The van der Waals surface area contributed by atoms with Crippen molar-refractivity contribution in [2.24, 2.45) is 0 Å². The SMILES string of the molecule is CC(=O)N1CCCC1C1CCCN1Cc1cc(=O)n2ccccc2n1. The molecule has 0 radical (unpaired) electrons. The van der Waals surface area contributed by atoms with E-state index in [0.717, 1.165) is 44.5 Å². The van der Waals surface area contributed by atoms with Crippen molar-refractivity contribution in [3.8, 4) is 0 Å². The van der Waals surface area contributed by atoms with Crippen molar-refractivity contribution in [1.82, 2.24) is 19.2 Å². The maximum Gasteiger partial charge on any atom is 0.258 e. The van der Waals surface area contributed by atoms with E-state index in [-0.39, 0.29) is 11.5 Å². The molecule has 6 nitrogen and oxygen atoms in total. The Hall–Kier alpha value is -2.21. The second kappa shape index (κ2) is 6.59. The maximum atomic E-state index is 12.3. The highest BCUT2D eigenvalue weighted by molar-refractivity contribution is 5.74. The number of aromatic nitrogens is 2. The van der Waals surface area contributed by atoms with Crippen LogP contribution in [0.15, 0.2) is 35.3 Å². The van der Waals surface area contributed by atoms with Gasteiger partial charge in [-0.1, -0.05) is 6.07 Å². The Morgan fingerprint density at radius 1 is 1.20 bits per heavy atom. The Morgan fingerprint density at radius 2 is 2.00 bits per heavy atom. The molecule has 0 N–H and O–H groups in total. The van der Waals surface area contributed by atoms with Crippen molar-refractivity contribution in [1.29, 1.82) is 0 Å². The highest BCUT2D eigenvalue weighted by atomic mass is 16.2. The lowest BCUT2D eigenvalue weighted by Crippen LogP contribution is -2.47. The Balaban J connectivity index is 1.57.